The Bertz CT molecular complexity index is 1380. The van der Waals surface area contributed by atoms with Crippen LogP contribution in [0.2, 0.25) is 0 Å². The summed E-state index contributed by atoms with van der Waals surface area (Å²) in [4.78, 5) is 31.2. The molecule has 192 valence electrons. The third-order valence-electron chi connectivity index (χ3n) is 7.40. The Morgan fingerprint density at radius 2 is 1.84 bits per heavy atom. The number of piperidine rings is 1. The van der Waals surface area contributed by atoms with Crippen molar-refractivity contribution >= 4 is 17.6 Å². The molecule has 2 fully saturated rings. The Kier molecular flexibility index (Phi) is 5.46. The summed E-state index contributed by atoms with van der Waals surface area (Å²) in [6, 6.07) is 10.3. The molecular weight excluding hydrogens is 485 g/mol. The molecule has 3 atom stereocenters. The van der Waals surface area contributed by atoms with E-state index in [-0.39, 0.29) is 18.4 Å². The molecular formula is C26H25F3N6O2. The molecule has 6 rings (SSSR count). The molecule has 2 amide bonds. The lowest BCUT2D eigenvalue weighted by atomic mass is 10.1. The number of halogens is 3. The fourth-order valence-corrected chi connectivity index (χ4v) is 5.41. The summed E-state index contributed by atoms with van der Waals surface area (Å²) >= 11 is 0. The lowest BCUT2D eigenvalue weighted by molar-refractivity contribution is -0.141. The zero-order valence-corrected chi connectivity index (χ0v) is 19.8. The number of amides is 2. The van der Waals surface area contributed by atoms with Gasteiger partial charge in [0.15, 0.2) is 5.69 Å². The second kappa shape index (κ2) is 8.60. The zero-order chi connectivity index (χ0) is 25.9. The van der Waals surface area contributed by atoms with Crippen LogP contribution in [0.1, 0.15) is 57.3 Å². The largest absolute Gasteiger partial charge is 0.435 e. The summed E-state index contributed by atoms with van der Waals surface area (Å²) in [5, 5.41) is 6.41. The number of carbonyl (C=O) groups excluding carboxylic acids is 2. The van der Waals surface area contributed by atoms with Crippen molar-refractivity contribution in [2.75, 3.05) is 12.3 Å². The van der Waals surface area contributed by atoms with E-state index < -0.39 is 29.4 Å². The molecule has 8 nitrogen and oxygen atoms in total. The number of anilines is 1. The standard InChI is InChI=1S/C26H25F3N6O2/c27-26(28,29)23-19(24(36)32-21-7-6-20-17(21)5-8-22(30)31-20)13-35(33-23)11-15-3-1-14(2-4-15)10-34-12-16-9-18(16)25(34)37/h1-5,8,13,16,18,21H,6-7,9-12H2,(H2,30,31)(H,32,36)/t16?,18-,21-/m1/s1. The average Bonchev–Trinajstić information content (AvgIpc) is 3.15. The van der Waals surface area contributed by atoms with Gasteiger partial charge in [0.25, 0.3) is 5.91 Å². The van der Waals surface area contributed by atoms with Gasteiger partial charge in [0.05, 0.1) is 18.2 Å². The topological polar surface area (TPSA) is 106 Å². The first-order valence-electron chi connectivity index (χ1n) is 12.2. The molecule has 0 bridgehead atoms. The SMILES string of the molecule is Nc1ccc2c(n1)CC[C@H]2NC(=O)c1cn(Cc2ccc(CN3CC4C[C@H]4C3=O)cc2)nc1C(F)(F)F. The average molecular weight is 511 g/mol. The number of nitrogens with two attached hydrogens (primary N) is 1. The molecule has 1 aromatic carbocycles. The van der Waals surface area contributed by atoms with Crippen LogP contribution < -0.4 is 11.1 Å². The molecule has 0 radical (unpaired) electrons. The van der Waals surface area contributed by atoms with Crippen LogP contribution in [-0.4, -0.2) is 38.0 Å². The van der Waals surface area contributed by atoms with Crippen LogP contribution in [0.5, 0.6) is 0 Å². The molecule has 37 heavy (non-hydrogen) atoms. The second-order valence-corrected chi connectivity index (χ2v) is 10.1. The Balaban J connectivity index is 1.16. The predicted octanol–water partition coefficient (Wildman–Crippen LogP) is 3.32. The van der Waals surface area contributed by atoms with Crippen molar-refractivity contribution in [1.29, 1.82) is 0 Å². The first-order chi connectivity index (χ1) is 17.7. The first-order valence-corrected chi connectivity index (χ1v) is 12.2. The maximum absolute atomic E-state index is 13.8. The van der Waals surface area contributed by atoms with Gasteiger partial charge in [-0.1, -0.05) is 30.3 Å². The molecule has 2 aliphatic carbocycles. The monoisotopic (exact) mass is 510 g/mol. The number of nitrogens with zero attached hydrogens (tertiary/aromatic N) is 4. The molecule has 3 aliphatic rings. The zero-order valence-electron chi connectivity index (χ0n) is 19.8. The predicted molar refractivity (Wildman–Crippen MR) is 127 cm³/mol. The first kappa shape index (κ1) is 23.5. The summed E-state index contributed by atoms with van der Waals surface area (Å²) in [6.07, 6.45) is -1.53. The molecule has 1 saturated carbocycles. The number of likely N-dealkylation sites (tertiary alicyclic amines) is 1. The number of benzene rings is 1. The molecule has 0 spiro atoms. The van der Waals surface area contributed by atoms with Crippen molar-refractivity contribution in [3.05, 3.63) is 76.2 Å². The number of aryl methyl sites for hydroxylation is 1. The van der Waals surface area contributed by atoms with Crippen molar-refractivity contribution in [2.24, 2.45) is 11.8 Å². The van der Waals surface area contributed by atoms with E-state index >= 15 is 0 Å². The lowest BCUT2D eigenvalue weighted by Gasteiger charge is -2.18. The Morgan fingerprint density at radius 3 is 2.51 bits per heavy atom. The molecule has 1 saturated heterocycles. The van der Waals surface area contributed by atoms with E-state index in [9.17, 15) is 22.8 Å². The van der Waals surface area contributed by atoms with Crippen molar-refractivity contribution < 1.29 is 22.8 Å². The van der Waals surface area contributed by atoms with Crippen molar-refractivity contribution in [3.8, 4) is 0 Å². The number of alkyl halides is 3. The van der Waals surface area contributed by atoms with Crippen LogP contribution in [0.4, 0.5) is 19.0 Å². The third kappa shape index (κ3) is 4.54. The van der Waals surface area contributed by atoms with Crippen LogP contribution >= 0.6 is 0 Å². The van der Waals surface area contributed by atoms with Gasteiger partial charge in [-0.15, -0.1) is 0 Å². The van der Waals surface area contributed by atoms with Gasteiger partial charge in [-0.05, 0) is 47.9 Å². The summed E-state index contributed by atoms with van der Waals surface area (Å²) < 4.78 is 42.4. The van der Waals surface area contributed by atoms with E-state index in [0.717, 1.165) is 46.2 Å². The van der Waals surface area contributed by atoms with E-state index in [1.165, 1.54) is 0 Å². The number of carbonyl (C=O) groups is 2. The number of rotatable bonds is 6. The second-order valence-electron chi connectivity index (χ2n) is 10.1. The highest BCUT2D eigenvalue weighted by Gasteiger charge is 2.51. The van der Waals surface area contributed by atoms with Crippen LogP contribution in [-0.2, 0) is 30.5 Å². The minimum absolute atomic E-state index is 0.0683. The number of fused-ring (bicyclic) bond motifs is 2. The number of aromatic nitrogens is 3. The smallest absolute Gasteiger partial charge is 0.384 e. The highest BCUT2D eigenvalue weighted by atomic mass is 19.4. The van der Waals surface area contributed by atoms with Gasteiger partial charge in [0.1, 0.15) is 5.82 Å². The van der Waals surface area contributed by atoms with Crippen LogP contribution in [0.3, 0.4) is 0 Å². The molecule has 3 aromatic rings. The maximum Gasteiger partial charge on any atom is 0.435 e. The van der Waals surface area contributed by atoms with Gasteiger partial charge in [0, 0.05) is 30.9 Å². The van der Waals surface area contributed by atoms with Crippen molar-refractivity contribution in [1.82, 2.24) is 25.0 Å². The van der Waals surface area contributed by atoms with E-state index in [4.69, 9.17) is 5.73 Å². The Labute approximate surface area is 210 Å². The summed E-state index contributed by atoms with van der Waals surface area (Å²) in [5.74, 6) is 0.432. The van der Waals surface area contributed by atoms with Gasteiger partial charge in [-0.25, -0.2) is 4.98 Å². The minimum atomic E-state index is -4.78. The number of nitrogen functional groups attached to an aromatic ring is 1. The Hall–Kier alpha value is -3.89. The molecule has 3 heterocycles. The molecule has 1 unspecified atom stereocenters. The highest BCUT2D eigenvalue weighted by molar-refractivity contribution is 5.95. The Morgan fingerprint density at radius 1 is 1.11 bits per heavy atom. The summed E-state index contributed by atoms with van der Waals surface area (Å²) in [7, 11) is 0. The molecule has 3 N–H and O–H groups in total. The normalized spacial score (nSPS) is 22.2. The fourth-order valence-electron chi connectivity index (χ4n) is 5.41. The van der Waals surface area contributed by atoms with Crippen LogP contribution in [0.15, 0.2) is 42.6 Å². The van der Waals surface area contributed by atoms with E-state index in [1.54, 1.807) is 24.3 Å². The number of pyridine rings is 1. The molecule has 1 aliphatic heterocycles. The molecule has 11 heteroatoms. The van der Waals surface area contributed by atoms with Crippen LogP contribution in [0, 0.1) is 11.8 Å². The third-order valence-corrected chi connectivity index (χ3v) is 7.40. The van der Waals surface area contributed by atoms with Gasteiger partial charge >= 0.3 is 6.18 Å². The molecule has 2 aromatic heterocycles. The maximum atomic E-state index is 13.8. The number of nitrogens with one attached hydrogen (secondary N) is 1. The lowest BCUT2D eigenvalue weighted by Crippen LogP contribution is -2.28. The summed E-state index contributed by atoms with van der Waals surface area (Å²) in [5.41, 5.74) is 7.16. The van der Waals surface area contributed by atoms with Gasteiger partial charge in [0.2, 0.25) is 5.91 Å². The van der Waals surface area contributed by atoms with Crippen molar-refractivity contribution in [3.63, 3.8) is 0 Å². The number of hydrogen-bond acceptors (Lipinski definition) is 5. The van der Waals surface area contributed by atoms with Gasteiger partial charge in [-0.3, -0.25) is 14.3 Å². The number of hydrogen-bond donors (Lipinski definition) is 2. The van der Waals surface area contributed by atoms with Gasteiger partial charge in [-0.2, -0.15) is 18.3 Å². The van der Waals surface area contributed by atoms with Crippen LogP contribution in [0.25, 0.3) is 0 Å². The minimum Gasteiger partial charge on any atom is -0.384 e. The van der Waals surface area contributed by atoms with Gasteiger partial charge < -0.3 is 16.0 Å². The van der Waals surface area contributed by atoms with E-state index in [0.29, 0.717) is 31.1 Å². The van der Waals surface area contributed by atoms with Crippen molar-refractivity contribution in [2.45, 2.75) is 44.6 Å². The fraction of sp³-hybridized carbons (Fsp3) is 0.385. The summed E-state index contributed by atoms with van der Waals surface area (Å²) in [6.45, 7) is 1.39. The quantitative estimate of drug-likeness (QED) is 0.529. The highest BCUT2D eigenvalue weighted by Crippen LogP contribution is 2.46. The van der Waals surface area contributed by atoms with E-state index in [1.807, 2.05) is 17.0 Å². The van der Waals surface area contributed by atoms with E-state index in [2.05, 4.69) is 15.4 Å².